The van der Waals surface area contributed by atoms with Gasteiger partial charge in [-0.05, 0) is 12.5 Å². The Bertz CT molecular complexity index is 327. The number of rotatable bonds is 3. The van der Waals surface area contributed by atoms with Crippen molar-refractivity contribution < 1.29 is 9.53 Å². The lowest BCUT2D eigenvalue weighted by Gasteiger charge is -2.45. The van der Waals surface area contributed by atoms with Crippen LogP contribution in [0.1, 0.15) is 33.6 Å². The van der Waals surface area contributed by atoms with Gasteiger partial charge in [0, 0.05) is 51.6 Å². The third-order valence-electron chi connectivity index (χ3n) is 4.16. The van der Waals surface area contributed by atoms with Gasteiger partial charge in [0.1, 0.15) is 6.10 Å². The molecule has 0 aromatic carbocycles. The van der Waals surface area contributed by atoms with Crippen molar-refractivity contribution in [1.82, 2.24) is 15.1 Å². The molecule has 2 fully saturated rings. The van der Waals surface area contributed by atoms with Crippen molar-refractivity contribution in [2.75, 3.05) is 39.8 Å². The molecule has 20 heavy (non-hydrogen) atoms. The molecule has 0 bridgehead atoms. The number of piperazine rings is 1. The number of hydrogen-bond donors (Lipinski definition) is 1. The molecule has 1 saturated carbocycles. The molecule has 0 atom stereocenters. The Morgan fingerprint density at radius 3 is 2.35 bits per heavy atom. The summed E-state index contributed by atoms with van der Waals surface area (Å²) < 4.78 is 5.44. The lowest BCUT2D eigenvalue weighted by molar-refractivity contribution is -0.0250. The fourth-order valence-corrected chi connectivity index (χ4v) is 2.65. The summed E-state index contributed by atoms with van der Waals surface area (Å²) in [4.78, 5) is 16.6. The van der Waals surface area contributed by atoms with E-state index in [0.29, 0.717) is 12.6 Å². The van der Waals surface area contributed by atoms with E-state index in [1.807, 2.05) is 0 Å². The highest BCUT2D eigenvalue weighted by molar-refractivity contribution is 5.67. The second-order valence-electron chi connectivity index (χ2n) is 7.41. The van der Waals surface area contributed by atoms with E-state index in [9.17, 15) is 4.79 Å². The average Bonchev–Trinajstić information content (AvgIpc) is 2.31. The quantitative estimate of drug-likeness (QED) is 0.853. The van der Waals surface area contributed by atoms with E-state index >= 15 is 0 Å². The number of carbonyl (C=O) groups excluding carboxylic acids is 1. The van der Waals surface area contributed by atoms with Crippen molar-refractivity contribution in [3.63, 3.8) is 0 Å². The van der Waals surface area contributed by atoms with Gasteiger partial charge in [0.2, 0.25) is 0 Å². The van der Waals surface area contributed by atoms with Gasteiger partial charge in [-0.2, -0.15) is 0 Å². The van der Waals surface area contributed by atoms with E-state index in [0.717, 1.165) is 39.0 Å². The van der Waals surface area contributed by atoms with Crippen molar-refractivity contribution in [2.24, 2.45) is 5.41 Å². The maximum Gasteiger partial charge on any atom is 0.407 e. The number of alkyl carbamates (subject to hydrolysis) is 1. The molecule has 0 radical (unpaired) electrons. The predicted octanol–water partition coefficient (Wildman–Crippen LogP) is 1.54. The molecule has 1 N–H and O–H groups in total. The van der Waals surface area contributed by atoms with Gasteiger partial charge in [-0.3, -0.25) is 4.90 Å². The van der Waals surface area contributed by atoms with Crippen LogP contribution in [0, 0.1) is 5.41 Å². The Labute approximate surface area is 122 Å². The highest BCUT2D eigenvalue weighted by Gasteiger charge is 2.37. The lowest BCUT2D eigenvalue weighted by atomic mass is 9.87. The summed E-state index contributed by atoms with van der Waals surface area (Å²) in [5.41, 5.74) is 0.0982. The second-order valence-corrected chi connectivity index (χ2v) is 7.41. The van der Waals surface area contributed by atoms with Crippen molar-refractivity contribution in [2.45, 2.75) is 45.8 Å². The molecule has 0 aromatic heterocycles. The van der Waals surface area contributed by atoms with E-state index in [1.165, 1.54) is 0 Å². The number of likely N-dealkylation sites (N-methyl/N-ethyl adjacent to an activating group) is 1. The largest absolute Gasteiger partial charge is 0.446 e. The summed E-state index contributed by atoms with van der Waals surface area (Å²) in [6.07, 6.45) is 1.83. The van der Waals surface area contributed by atoms with E-state index in [4.69, 9.17) is 4.74 Å². The van der Waals surface area contributed by atoms with Gasteiger partial charge in [-0.1, -0.05) is 20.8 Å². The van der Waals surface area contributed by atoms with Crippen LogP contribution in [0.4, 0.5) is 4.79 Å². The van der Waals surface area contributed by atoms with E-state index in [1.54, 1.807) is 0 Å². The number of hydrogen-bond acceptors (Lipinski definition) is 4. The highest BCUT2D eigenvalue weighted by Crippen LogP contribution is 2.29. The first-order valence-electron chi connectivity index (χ1n) is 7.70. The van der Waals surface area contributed by atoms with Crippen LogP contribution in [0.2, 0.25) is 0 Å². The van der Waals surface area contributed by atoms with Gasteiger partial charge in [-0.15, -0.1) is 0 Å². The van der Waals surface area contributed by atoms with Crippen LogP contribution < -0.4 is 5.32 Å². The first-order valence-corrected chi connectivity index (χ1v) is 7.70. The fourth-order valence-electron chi connectivity index (χ4n) is 2.65. The number of nitrogens with one attached hydrogen (secondary N) is 1. The van der Waals surface area contributed by atoms with Gasteiger partial charge in [0.25, 0.3) is 0 Å². The molecule has 5 nitrogen and oxygen atoms in total. The Kier molecular flexibility index (Phi) is 4.91. The molecular formula is C15H29N3O2. The third kappa shape index (κ3) is 4.63. The summed E-state index contributed by atoms with van der Waals surface area (Å²) in [5.74, 6) is 0. The molecule has 1 saturated heterocycles. The van der Waals surface area contributed by atoms with Gasteiger partial charge in [-0.25, -0.2) is 4.79 Å². The topological polar surface area (TPSA) is 44.8 Å². The maximum atomic E-state index is 11.7. The standard InChI is InChI=1S/C15H29N3O2/c1-15(2,3)11-16-14(19)20-13-9-12(10-13)18-7-5-17(4)6-8-18/h12-13H,5-11H2,1-4H3,(H,16,19). The summed E-state index contributed by atoms with van der Waals surface area (Å²) in [5, 5.41) is 2.84. The predicted molar refractivity (Wildman–Crippen MR) is 79.8 cm³/mol. The summed E-state index contributed by atoms with van der Waals surface area (Å²) in [6, 6.07) is 0.615. The molecule has 1 aliphatic heterocycles. The van der Waals surface area contributed by atoms with E-state index in [2.05, 4.69) is 42.9 Å². The molecule has 1 heterocycles. The molecule has 1 amide bonds. The first-order chi connectivity index (χ1) is 9.33. The molecule has 2 aliphatic rings. The Hall–Kier alpha value is -0.810. The Morgan fingerprint density at radius 2 is 1.80 bits per heavy atom. The second kappa shape index (κ2) is 6.31. The smallest absolute Gasteiger partial charge is 0.407 e. The summed E-state index contributed by atoms with van der Waals surface area (Å²) in [7, 11) is 2.17. The minimum atomic E-state index is -0.262. The third-order valence-corrected chi connectivity index (χ3v) is 4.16. The van der Waals surface area contributed by atoms with Crippen molar-refractivity contribution >= 4 is 6.09 Å². The van der Waals surface area contributed by atoms with Crippen molar-refractivity contribution in [3.8, 4) is 0 Å². The van der Waals surface area contributed by atoms with Crippen LogP contribution in [0.3, 0.4) is 0 Å². The summed E-state index contributed by atoms with van der Waals surface area (Å²) in [6.45, 7) is 11.5. The van der Waals surface area contributed by atoms with Crippen LogP contribution in [-0.4, -0.2) is 67.8 Å². The molecular weight excluding hydrogens is 254 g/mol. The van der Waals surface area contributed by atoms with Crippen LogP contribution >= 0.6 is 0 Å². The highest BCUT2D eigenvalue weighted by atomic mass is 16.6. The van der Waals surface area contributed by atoms with Crippen LogP contribution in [0.15, 0.2) is 0 Å². The van der Waals surface area contributed by atoms with Crippen LogP contribution in [-0.2, 0) is 4.74 Å². The minimum absolute atomic E-state index is 0.0982. The minimum Gasteiger partial charge on any atom is -0.446 e. The zero-order chi connectivity index (χ0) is 14.8. The van der Waals surface area contributed by atoms with Gasteiger partial charge < -0.3 is 15.0 Å². The normalized spacial score (nSPS) is 28.8. The van der Waals surface area contributed by atoms with E-state index < -0.39 is 0 Å². The van der Waals surface area contributed by atoms with Gasteiger partial charge in [0.15, 0.2) is 0 Å². The number of nitrogens with zero attached hydrogens (tertiary/aromatic N) is 2. The van der Waals surface area contributed by atoms with Gasteiger partial charge >= 0.3 is 6.09 Å². The maximum absolute atomic E-state index is 11.7. The first kappa shape index (κ1) is 15.6. The molecule has 1 aliphatic carbocycles. The molecule has 116 valence electrons. The van der Waals surface area contributed by atoms with Crippen molar-refractivity contribution in [1.29, 1.82) is 0 Å². The SMILES string of the molecule is CN1CCN(C2CC(OC(=O)NCC(C)(C)C)C2)CC1. The molecule has 5 heteroatoms. The number of ether oxygens (including phenoxy) is 1. The zero-order valence-electron chi connectivity index (χ0n) is 13.3. The molecule has 0 unspecified atom stereocenters. The fraction of sp³-hybridized carbons (Fsp3) is 0.933. The van der Waals surface area contributed by atoms with Crippen molar-refractivity contribution in [3.05, 3.63) is 0 Å². The average molecular weight is 283 g/mol. The molecule has 0 spiro atoms. The number of amides is 1. The Morgan fingerprint density at radius 1 is 1.20 bits per heavy atom. The summed E-state index contributed by atoms with van der Waals surface area (Å²) >= 11 is 0. The monoisotopic (exact) mass is 283 g/mol. The molecule has 0 aromatic rings. The number of carbonyl (C=O) groups is 1. The van der Waals surface area contributed by atoms with Gasteiger partial charge in [0.05, 0.1) is 0 Å². The van der Waals surface area contributed by atoms with Crippen LogP contribution in [0.25, 0.3) is 0 Å². The van der Waals surface area contributed by atoms with Crippen LogP contribution in [0.5, 0.6) is 0 Å². The zero-order valence-corrected chi connectivity index (χ0v) is 13.3. The Balaban J connectivity index is 1.60. The van der Waals surface area contributed by atoms with E-state index in [-0.39, 0.29) is 17.6 Å². The lowest BCUT2D eigenvalue weighted by Crippen LogP contribution is -2.55. The molecule has 2 rings (SSSR count).